The Balaban J connectivity index is 1.41. The van der Waals surface area contributed by atoms with Crippen LogP contribution in [0, 0.1) is 13.2 Å². The van der Waals surface area contributed by atoms with E-state index in [9.17, 15) is 9.59 Å². The zero-order valence-corrected chi connectivity index (χ0v) is 19.5. The summed E-state index contributed by atoms with van der Waals surface area (Å²) in [5.41, 5.74) is 3.71. The maximum Gasteiger partial charge on any atom is 0.373 e. The van der Waals surface area contributed by atoms with E-state index in [1.54, 1.807) is 24.3 Å². The molecule has 0 aliphatic carbocycles. The molecule has 0 spiro atoms. The van der Waals surface area contributed by atoms with Crippen molar-refractivity contribution in [3.05, 3.63) is 134 Å². The van der Waals surface area contributed by atoms with Crippen LogP contribution in [0.3, 0.4) is 0 Å². The van der Waals surface area contributed by atoms with Crippen molar-refractivity contribution in [2.75, 3.05) is 0 Å². The van der Waals surface area contributed by atoms with Crippen LogP contribution in [0.15, 0.2) is 109 Å². The monoisotopic (exact) mass is 480 g/mol. The molecule has 0 atom stereocenters. The third kappa shape index (κ3) is 6.24. The first-order chi connectivity index (χ1) is 17.7. The van der Waals surface area contributed by atoms with Gasteiger partial charge in [-0.15, -0.1) is 9.78 Å². The molecule has 2 radical (unpaired) electrons. The van der Waals surface area contributed by atoms with Gasteiger partial charge in [-0.1, -0.05) is 104 Å². The second kappa shape index (κ2) is 12.4. The van der Waals surface area contributed by atoms with Crippen molar-refractivity contribution in [1.82, 2.24) is 0 Å². The van der Waals surface area contributed by atoms with Gasteiger partial charge < -0.3 is 0 Å². The molecule has 4 aromatic rings. The summed E-state index contributed by atoms with van der Waals surface area (Å²) in [6.07, 6.45) is 0.286. The Morgan fingerprint density at radius 3 is 1.33 bits per heavy atom. The summed E-state index contributed by atoms with van der Waals surface area (Å²) in [7, 11) is 0. The summed E-state index contributed by atoms with van der Waals surface area (Å²) in [6.45, 7) is 3.74. The van der Waals surface area contributed by atoms with E-state index in [4.69, 9.17) is 19.6 Å². The number of carbonyl (C=O) groups is 2. The number of hydrogen-bond donors (Lipinski definition) is 0. The third-order valence-corrected chi connectivity index (χ3v) is 5.27. The van der Waals surface area contributed by atoms with Gasteiger partial charge >= 0.3 is 18.2 Å². The molecule has 0 fully saturated rings. The molecule has 0 aromatic heterocycles. The number of rotatable bonds is 10. The SMILES string of the molecule is [CH2]CC[C](OOC(=O)c1ccccc1-c1ccccc1)OOC(=O)c1ccccc1-c1ccccc1. The van der Waals surface area contributed by atoms with Gasteiger partial charge in [0.25, 0.3) is 0 Å². The van der Waals surface area contributed by atoms with Gasteiger partial charge in [0.2, 0.25) is 0 Å². The highest BCUT2D eigenvalue weighted by Gasteiger charge is 2.23. The molecule has 0 saturated carbocycles. The van der Waals surface area contributed by atoms with E-state index in [-0.39, 0.29) is 12.7 Å². The zero-order valence-electron chi connectivity index (χ0n) is 19.5. The van der Waals surface area contributed by atoms with E-state index >= 15 is 0 Å². The zero-order chi connectivity index (χ0) is 25.2. The predicted octanol–water partition coefficient (Wildman–Crippen LogP) is 7.00. The van der Waals surface area contributed by atoms with Crippen LogP contribution in [-0.2, 0) is 19.6 Å². The highest BCUT2D eigenvalue weighted by atomic mass is 17.3. The molecule has 180 valence electrons. The first-order valence-electron chi connectivity index (χ1n) is 11.4. The van der Waals surface area contributed by atoms with Crippen molar-refractivity contribution >= 4 is 11.9 Å². The maximum atomic E-state index is 12.8. The van der Waals surface area contributed by atoms with Crippen molar-refractivity contribution in [3.8, 4) is 22.3 Å². The average Bonchev–Trinajstić information content (AvgIpc) is 2.95. The Bertz CT molecular complexity index is 1190. The van der Waals surface area contributed by atoms with Crippen molar-refractivity contribution in [3.63, 3.8) is 0 Å². The highest BCUT2D eigenvalue weighted by Crippen LogP contribution is 2.26. The van der Waals surface area contributed by atoms with Crippen LogP contribution < -0.4 is 0 Å². The van der Waals surface area contributed by atoms with Crippen LogP contribution in [0.5, 0.6) is 0 Å². The van der Waals surface area contributed by atoms with E-state index in [0.29, 0.717) is 28.7 Å². The van der Waals surface area contributed by atoms with Crippen LogP contribution >= 0.6 is 0 Å². The molecule has 0 bridgehead atoms. The lowest BCUT2D eigenvalue weighted by atomic mass is 10.00. The van der Waals surface area contributed by atoms with Crippen molar-refractivity contribution in [2.24, 2.45) is 0 Å². The second-order valence-electron chi connectivity index (χ2n) is 7.71. The number of hydrogen-bond acceptors (Lipinski definition) is 6. The molecule has 4 aromatic carbocycles. The Kier molecular flexibility index (Phi) is 8.59. The van der Waals surface area contributed by atoms with Gasteiger partial charge in [0.15, 0.2) is 0 Å². The average molecular weight is 481 g/mol. The van der Waals surface area contributed by atoms with E-state index in [2.05, 4.69) is 6.92 Å². The lowest BCUT2D eigenvalue weighted by Gasteiger charge is -2.14. The first-order valence-corrected chi connectivity index (χ1v) is 11.4. The molecular weight excluding hydrogens is 456 g/mol. The second-order valence-corrected chi connectivity index (χ2v) is 7.71. The molecule has 6 nitrogen and oxygen atoms in total. The Hall–Kier alpha value is -4.26. The predicted molar refractivity (Wildman–Crippen MR) is 135 cm³/mol. The quantitative estimate of drug-likeness (QED) is 0.180. The van der Waals surface area contributed by atoms with E-state index < -0.39 is 11.9 Å². The number of carbonyl (C=O) groups excluding carboxylic acids is 2. The molecule has 4 rings (SSSR count). The van der Waals surface area contributed by atoms with Crippen molar-refractivity contribution in [2.45, 2.75) is 12.8 Å². The van der Waals surface area contributed by atoms with Gasteiger partial charge in [0.1, 0.15) is 0 Å². The fourth-order valence-electron chi connectivity index (χ4n) is 3.56. The van der Waals surface area contributed by atoms with E-state index in [1.165, 1.54) is 0 Å². The number of benzene rings is 4. The standard InChI is InChI=1S/C30H24O6/c1-2-13-28(33-35-29(31)26-20-11-9-18-24(26)22-14-5-3-6-15-22)34-36-30(32)27-21-12-10-19-25(27)23-16-7-4-8-17-23/h3-12,14-21H,1-2,13H2. The van der Waals surface area contributed by atoms with Crippen LogP contribution in [0.1, 0.15) is 33.6 Å². The Morgan fingerprint density at radius 2 is 0.917 bits per heavy atom. The maximum absolute atomic E-state index is 12.8. The van der Waals surface area contributed by atoms with Gasteiger partial charge in [-0.3, -0.25) is 9.78 Å². The Labute approximate surface area is 209 Å². The largest absolute Gasteiger partial charge is 0.373 e. The lowest BCUT2D eigenvalue weighted by molar-refractivity contribution is -0.363. The molecule has 0 aliphatic heterocycles. The summed E-state index contributed by atoms with van der Waals surface area (Å²) in [4.78, 5) is 45.8. The van der Waals surface area contributed by atoms with Crippen LogP contribution in [0.4, 0.5) is 0 Å². The minimum absolute atomic E-state index is 0.140. The van der Waals surface area contributed by atoms with Gasteiger partial charge in [-0.2, -0.15) is 0 Å². The Morgan fingerprint density at radius 1 is 0.528 bits per heavy atom. The van der Waals surface area contributed by atoms with E-state index in [0.717, 1.165) is 11.1 Å². The minimum atomic E-state index is -0.722. The fourth-order valence-corrected chi connectivity index (χ4v) is 3.56. The fraction of sp³-hybridized carbons (Fsp3) is 0.0667. The van der Waals surface area contributed by atoms with Gasteiger partial charge in [-0.05, 0) is 40.8 Å². The normalized spacial score (nSPS) is 10.7. The van der Waals surface area contributed by atoms with Crippen LogP contribution in [0.2, 0.25) is 0 Å². The summed E-state index contributed by atoms with van der Waals surface area (Å²) in [5.74, 6) is -1.44. The summed E-state index contributed by atoms with van der Waals surface area (Å²) in [5, 5.41) is 0. The molecule has 0 amide bonds. The van der Waals surface area contributed by atoms with Crippen LogP contribution in [-0.4, -0.2) is 11.9 Å². The van der Waals surface area contributed by atoms with Crippen molar-refractivity contribution < 1.29 is 29.1 Å². The molecule has 0 aliphatic rings. The summed E-state index contributed by atoms with van der Waals surface area (Å²) >= 11 is 0. The summed E-state index contributed by atoms with van der Waals surface area (Å²) in [6, 6.07) is 32.9. The van der Waals surface area contributed by atoms with Gasteiger partial charge in [0, 0.05) is 6.42 Å². The highest BCUT2D eigenvalue weighted by molar-refractivity contribution is 5.97. The van der Waals surface area contributed by atoms with Gasteiger partial charge in [0.05, 0.1) is 11.1 Å². The topological polar surface area (TPSA) is 71.1 Å². The van der Waals surface area contributed by atoms with E-state index in [1.807, 2.05) is 84.9 Å². The van der Waals surface area contributed by atoms with Gasteiger partial charge in [-0.25, -0.2) is 9.59 Å². The lowest BCUT2D eigenvalue weighted by Crippen LogP contribution is -2.16. The molecule has 0 heterocycles. The minimum Gasteiger partial charge on any atom is -0.289 e. The summed E-state index contributed by atoms with van der Waals surface area (Å²) < 4.78 is 0. The van der Waals surface area contributed by atoms with Crippen molar-refractivity contribution in [1.29, 1.82) is 0 Å². The molecule has 0 unspecified atom stereocenters. The molecule has 36 heavy (non-hydrogen) atoms. The third-order valence-electron chi connectivity index (χ3n) is 5.27. The first kappa shape index (κ1) is 24.9. The molecule has 0 N–H and O–H groups in total. The molecular formula is C30H24O6. The smallest absolute Gasteiger partial charge is 0.289 e. The van der Waals surface area contributed by atoms with Crippen LogP contribution in [0.25, 0.3) is 22.3 Å². The molecule has 0 saturated heterocycles. The molecule has 6 heteroatoms.